The number of carboxylic acids is 1. The van der Waals surface area contributed by atoms with Crippen molar-refractivity contribution in [3.05, 3.63) is 35.9 Å². The molecule has 4 heteroatoms. The molecule has 0 bridgehead atoms. The van der Waals surface area contributed by atoms with Crippen LogP contribution in [-0.4, -0.2) is 35.0 Å². The molecule has 2 aliphatic rings. The van der Waals surface area contributed by atoms with Gasteiger partial charge in [0.25, 0.3) is 0 Å². The molecule has 3 rings (SSSR count). The van der Waals surface area contributed by atoms with E-state index in [1.807, 2.05) is 30.3 Å². The smallest absolute Gasteiger partial charge is 0.323 e. The first-order valence-corrected chi connectivity index (χ1v) is 7.18. The molecule has 2 saturated carbocycles. The monoisotopic (exact) mass is 273 g/mol. The van der Waals surface area contributed by atoms with Crippen LogP contribution in [0.2, 0.25) is 0 Å². The molecule has 20 heavy (non-hydrogen) atoms. The summed E-state index contributed by atoms with van der Waals surface area (Å²) in [5.74, 6) is -0.425. The van der Waals surface area contributed by atoms with Crippen LogP contribution in [0.15, 0.2) is 30.3 Å². The second-order valence-electron chi connectivity index (χ2n) is 5.97. The zero-order valence-electron chi connectivity index (χ0n) is 11.4. The molecule has 0 radical (unpaired) electrons. The second kappa shape index (κ2) is 4.93. The van der Waals surface area contributed by atoms with Crippen LogP contribution in [0.25, 0.3) is 0 Å². The van der Waals surface area contributed by atoms with Gasteiger partial charge in [0, 0.05) is 6.54 Å². The number of benzene rings is 1. The van der Waals surface area contributed by atoms with E-state index < -0.39 is 11.4 Å². The Bertz CT molecular complexity index is 518. The molecule has 0 aliphatic heterocycles. The minimum absolute atomic E-state index is 0.00185. The number of nitrogens with zero attached hydrogens (tertiary/aromatic N) is 1. The van der Waals surface area contributed by atoms with E-state index in [0.717, 1.165) is 31.2 Å². The highest BCUT2D eigenvalue weighted by Crippen LogP contribution is 2.49. The van der Waals surface area contributed by atoms with Gasteiger partial charge in [-0.05, 0) is 37.2 Å². The van der Waals surface area contributed by atoms with E-state index in [1.165, 1.54) is 0 Å². The lowest BCUT2D eigenvalue weighted by Gasteiger charge is -2.26. The molecule has 0 spiro atoms. The normalized spacial score (nSPS) is 19.4. The Morgan fingerprint density at radius 3 is 2.35 bits per heavy atom. The minimum atomic E-state index is -0.928. The van der Waals surface area contributed by atoms with Gasteiger partial charge in [-0.1, -0.05) is 30.3 Å². The van der Waals surface area contributed by atoms with Gasteiger partial charge in [-0.2, -0.15) is 0 Å². The van der Waals surface area contributed by atoms with E-state index in [0.29, 0.717) is 12.5 Å². The third-order valence-corrected chi connectivity index (χ3v) is 4.27. The van der Waals surface area contributed by atoms with E-state index in [4.69, 9.17) is 5.11 Å². The molecule has 106 valence electrons. The van der Waals surface area contributed by atoms with E-state index in [2.05, 4.69) is 0 Å². The van der Waals surface area contributed by atoms with Gasteiger partial charge in [-0.25, -0.2) is 0 Å². The van der Waals surface area contributed by atoms with Crippen molar-refractivity contribution in [3.8, 4) is 0 Å². The summed E-state index contributed by atoms with van der Waals surface area (Å²) in [4.78, 5) is 25.4. The fourth-order valence-electron chi connectivity index (χ4n) is 2.81. The first kappa shape index (κ1) is 13.2. The van der Waals surface area contributed by atoms with Crippen LogP contribution in [0.4, 0.5) is 0 Å². The molecule has 1 aromatic carbocycles. The summed E-state index contributed by atoms with van der Waals surface area (Å²) in [5, 5.41) is 9.03. The number of hydrogen-bond acceptors (Lipinski definition) is 2. The zero-order chi connectivity index (χ0) is 14.2. The molecule has 0 heterocycles. The fourth-order valence-corrected chi connectivity index (χ4v) is 2.81. The highest BCUT2D eigenvalue weighted by molar-refractivity contribution is 5.93. The summed E-state index contributed by atoms with van der Waals surface area (Å²) in [5.41, 5.74) is 0.571. The fraction of sp³-hybridized carbons (Fsp3) is 0.500. The van der Waals surface area contributed by atoms with Crippen molar-refractivity contribution in [1.82, 2.24) is 4.90 Å². The number of amides is 1. The maximum Gasteiger partial charge on any atom is 0.323 e. The molecule has 2 aliphatic carbocycles. The summed E-state index contributed by atoms with van der Waals surface area (Å²) < 4.78 is 0. The number of aliphatic carboxylic acids is 1. The first-order valence-electron chi connectivity index (χ1n) is 7.18. The van der Waals surface area contributed by atoms with Crippen LogP contribution in [0, 0.1) is 5.92 Å². The third kappa shape index (κ3) is 2.55. The molecule has 0 aromatic heterocycles. The van der Waals surface area contributed by atoms with E-state index >= 15 is 0 Å². The molecular weight excluding hydrogens is 254 g/mol. The average Bonchev–Trinajstić information content (AvgIpc) is 3.32. The Hall–Kier alpha value is -1.84. The summed E-state index contributed by atoms with van der Waals surface area (Å²) in [6.45, 7) is 0.420. The number of carbonyl (C=O) groups is 2. The van der Waals surface area contributed by atoms with Gasteiger partial charge in [0.05, 0.1) is 5.41 Å². The van der Waals surface area contributed by atoms with Gasteiger partial charge >= 0.3 is 5.97 Å². The molecule has 0 unspecified atom stereocenters. The van der Waals surface area contributed by atoms with E-state index in [1.54, 1.807) is 4.90 Å². The Balaban J connectivity index is 1.79. The molecule has 2 fully saturated rings. The Morgan fingerprint density at radius 1 is 1.20 bits per heavy atom. The highest BCUT2D eigenvalue weighted by Gasteiger charge is 2.53. The zero-order valence-corrected chi connectivity index (χ0v) is 11.4. The second-order valence-corrected chi connectivity index (χ2v) is 5.97. The molecule has 0 saturated heterocycles. The Kier molecular flexibility index (Phi) is 3.24. The van der Waals surface area contributed by atoms with E-state index in [-0.39, 0.29) is 12.5 Å². The summed E-state index contributed by atoms with van der Waals surface area (Å²) >= 11 is 0. The van der Waals surface area contributed by atoms with Crippen LogP contribution >= 0.6 is 0 Å². The van der Waals surface area contributed by atoms with Gasteiger partial charge in [0.2, 0.25) is 5.91 Å². The number of rotatable bonds is 6. The van der Waals surface area contributed by atoms with Gasteiger partial charge < -0.3 is 10.0 Å². The molecule has 1 aromatic rings. The predicted octanol–water partition coefficient (Wildman–Crippen LogP) is 2.04. The van der Waals surface area contributed by atoms with Crippen LogP contribution in [-0.2, 0) is 15.0 Å². The van der Waals surface area contributed by atoms with Crippen molar-refractivity contribution in [2.24, 2.45) is 5.92 Å². The van der Waals surface area contributed by atoms with Crippen LogP contribution in [0.5, 0.6) is 0 Å². The molecule has 1 N–H and O–H groups in total. The Labute approximate surface area is 118 Å². The molecule has 4 nitrogen and oxygen atoms in total. The van der Waals surface area contributed by atoms with Crippen LogP contribution in [0.3, 0.4) is 0 Å². The van der Waals surface area contributed by atoms with Crippen molar-refractivity contribution >= 4 is 11.9 Å². The van der Waals surface area contributed by atoms with Gasteiger partial charge in [-0.3, -0.25) is 9.59 Å². The number of carbonyl (C=O) groups excluding carboxylic acids is 1. The number of hydrogen-bond donors (Lipinski definition) is 1. The lowest BCUT2D eigenvalue weighted by atomic mass is 9.94. The first-order chi connectivity index (χ1) is 9.62. The molecular formula is C16H19NO3. The summed E-state index contributed by atoms with van der Waals surface area (Å²) in [6, 6.07) is 9.75. The third-order valence-electron chi connectivity index (χ3n) is 4.27. The van der Waals surface area contributed by atoms with Crippen molar-refractivity contribution in [2.75, 3.05) is 13.1 Å². The predicted molar refractivity (Wildman–Crippen MR) is 74.3 cm³/mol. The maximum absolute atomic E-state index is 12.8. The van der Waals surface area contributed by atoms with Gasteiger partial charge in [0.1, 0.15) is 6.54 Å². The average molecular weight is 273 g/mol. The van der Waals surface area contributed by atoms with Gasteiger partial charge in [-0.15, -0.1) is 0 Å². The van der Waals surface area contributed by atoms with Crippen LogP contribution < -0.4 is 0 Å². The largest absolute Gasteiger partial charge is 0.480 e. The maximum atomic E-state index is 12.8. The molecule has 1 amide bonds. The standard InChI is InChI=1S/C16H19NO3/c18-14(19)11-17(10-12-6-7-12)15(20)16(8-9-16)13-4-2-1-3-5-13/h1-5,12H,6-11H2,(H,18,19). The van der Waals surface area contributed by atoms with Crippen molar-refractivity contribution < 1.29 is 14.7 Å². The lowest BCUT2D eigenvalue weighted by Crippen LogP contribution is -2.43. The quantitative estimate of drug-likeness (QED) is 0.863. The van der Waals surface area contributed by atoms with Crippen molar-refractivity contribution in [1.29, 1.82) is 0 Å². The van der Waals surface area contributed by atoms with Crippen molar-refractivity contribution in [3.63, 3.8) is 0 Å². The topological polar surface area (TPSA) is 57.6 Å². The SMILES string of the molecule is O=C(O)CN(CC1CC1)C(=O)C1(c2ccccc2)CC1. The number of carboxylic acid groups (broad SMARTS) is 1. The highest BCUT2D eigenvalue weighted by atomic mass is 16.4. The Morgan fingerprint density at radius 2 is 1.85 bits per heavy atom. The summed E-state index contributed by atoms with van der Waals surface area (Å²) in [7, 11) is 0. The summed E-state index contributed by atoms with van der Waals surface area (Å²) in [6.07, 6.45) is 3.89. The van der Waals surface area contributed by atoms with Gasteiger partial charge in [0.15, 0.2) is 0 Å². The molecule has 0 atom stereocenters. The lowest BCUT2D eigenvalue weighted by molar-refractivity contribution is -0.145. The van der Waals surface area contributed by atoms with E-state index in [9.17, 15) is 9.59 Å². The van der Waals surface area contributed by atoms with Crippen LogP contribution in [0.1, 0.15) is 31.2 Å². The van der Waals surface area contributed by atoms with Crippen molar-refractivity contribution in [2.45, 2.75) is 31.1 Å². The minimum Gasteiger partial charge on any atom is -0.480 e.